The number of fused-ring (bicyclic) bond motifs is 5. The molecule has 29 heavy (non-hydrogen) atoms. The van der Waals surface area contributed by atoms with Gasteiger partial charge in [0.1, 0.15) is 5.78 Å². The average Bonchev–Trinajstić information content (AvgIpc) is 2.92. The second kappa shape index (κ2) is 7.98. The number of carbonyl (C=O) groups is 1. The summed E-state index contributed by atoms with van der Waals surface area (Å²) in [6, 6.07) is 0. The van der Waals surface area contributed by atoms with Gasteiger partial charge in [-0.15, -0.1) is 0 Å². The minimum atomic E-state index is -4.73. The number of aliphatic hydroxyl groups is 1. The summed E-state index contributed by atoms with van der Waals surface area (Å²) in [5.74, 6) is 0.956. The van der Waals surface area contributed by atoms with E-state index in [0.717, 1.165) is 19.3 Å². The van der Waals surface area contributed by atoms with Crippen LogP contribution in [-0.2, 0) is 19.4 Å². The Bertz CT molecular complexity index is 810. The molecule has 8 atom stereocenters. The first kappa shape index (κ1) is 23.9. The number of aliphatic hydroxyl groups excluding tert-OH is 1. The predicted octanol–water partition coefficient (Wildman–Crippen LogP) is -0.0254. The average molecular weight is 435 g/mol. The molecule has 158 valence electrons. The third-order valence-electron chi connectivity index (χ3n) is 8.74. The quantitative estimate of drug-likeness (QED) is 0.290. The molecule has 6 nitrogen and oxygen atoms in total. The number of ketones is 1. The van der Waals surface area contributed by atoms with Crippen LogP contribution in [0.1, 0.15) is 65.7 Å². The molecule has 0 aliphatic heterocycles. The molecule has 4 aliphatic rings. The van der Waals surface area contributed by atoms with Crippen molar-refractivity contribution in [1.82, 2.24) is 0 Å². The van der Waals surface area contributed by atoms with Crippen molar-refractivity contribution in [2.75, 3.05) is 0 Å². The predicted molar refractivity (Wildman–Crippen MR) is 102 cm³/mol. The van der Waals surface area contributed by atoms with Crippen LogP contribution in [0.4, 0.5) is 0 Å². The van der Waals surface area contributed by atoms with Crippen LogP contribution < -0.4 is 29.6 Å². The van der Waals surface area contributed by atoms with E-state index in [-0.39, 0.29) is 63.9 Å². The molecule has 0 aromatic carbocycles. The zero-order valence-electron chi connectivity index (χ0n) is 17.9. The third-order valence-corrected chi connectivity index (χ3v) is 9.25. The molecule has 0 aromatic heterocycles. The molecule has 0 radical (unpaired) electrons. The zero-order valence-corrected chi connectivity index (χ0v) is 20.7. The van der Waals surface area contributed by atoms with Gasteiger partial charge < -0.3 is 9.66 Å². The number of Topliss-reactive ketones (excluding diaryl/α,β-unsaturated/α-hetero) is 1. The maximum atomic E-state index is 12.2. The molecule has 0 saturated heterocycles. The van der Waals surface area contributed by atoms with E-state index < -0.39 is 22.6 Å². The van der Waals surface area contributed by atoms with Crippen molar-refractivity contribution in [2.45, 2.75) is 77.9 Å². The van der Waals surface area contributed by atoms with Gasteiger partial charge in [0.2, 0.25) is 10.4 Å². The normalized spacial score (nSPS) is 46.6. The first-order chi connectivity index (χ1) is 13.0. The number of carbonyl (C=O) groups excluding carboxylic acids is 1. The monoisotopic (exact) mass is 434 g/mol. The molecular formula is C21H31NaO6S. The van der Waals surface area contributed by atoms with Gasteiger partial charge in [0.15, 0.2) is 0 Å². The van der Waals surface area contributed by atoms with Crippen LogP contribution in [0.2, 0.25) is 0 Å². The molecular weight excluding hydrogens is 403 g/mol. The van der Waals surface area contributed by atoms with Crippen LogP contribution in [0.25, 0.3) is 0 Å². The Morgan fingerprint density at radius 2 is 1.90 bits per heavy atom. The number of hydrogen-bond acceptors (Lipinski definition) is 6. The molecule has 3 fully saturated rings. The Morgan fingerprint density at radius 1 is 1.21 bits per heavy atom. The second-order valence-corrected chi connectivity index (χ2v) is 11.1. The van der Waals surface area contributed by atoms with E-state index in [1.165, 1.54) is 5.57 Å². The molecule has 0 spiro atoms. The van der Waals surface area contributed by atoms with Gasteiger partial charge in [0.25, 0.3) is 0 Å². The Balaban J connectivity index is 0.00000240. The van der Waals surface area contributed by atoms with E-state index in [4.69, 9.17) is 4.18 Å². The fourth-order valence-corrected chi connectivity index (χ4v) is 7.97. The summed E-state index contributed by atoms with van der Waals surface area (Å²) in [5.41, 5.74) is 1.16. The fourth-order valence-electron chi connectivity index (χ4n) is 7.46. The van der Waals surface area contributed by atoms with Gasteiger partial charge in [0, 0.05) is 5.92 Å². The zero-order chi connectivity index (χ0) is 20.5. The molecule has 1 N–H and O–H groups in total. The van der Waals surface area contributed by atoms with Gasteiger partial charge in [0.05, 0.1) is 12.2 Å². The summed E-state index contributed by atoms with van der Waals surface area (Å²) in [7, 11) is -4.73. The SMILES string of the molecule is CC(=O)[C@H]1CC[C@H]2[C@@H]3C[C@H](O)[C@H]4C[C@@H](OS(=O)(=O)[O-])CC[C@]4(C)C3=CC[C@]12C.[Na+]. The van der Waals surface area contributed by atoms with Crippen molar-refractivity contribution in [1.29, 1.82) is 0 Å². The fraction of sp³-hybridized carbons (Fsp3) is 0.857. The van der Waals surface area contributed by atoms with E-state index in [1.54, 1.807) is 6.92 Å². The minimum absolute atomic E-state index is 0. The molecule has 4 aliphatic carbocycles. The molecule has 0 heterocycles. The van der Waals surface area contributed by atoms with Crippen molar-refractivity contribution in [3.05, 3.63) is 11.6 Å². The molecule has 8 heteroatoms. The Morgan fingerprint density at radius 3 is 2.52 bits per heavy atom. The summed E-state index contributed by atoms with van der Waals surface area (Å²) in [4.78, 5) is 12.2. The van der Waals surface area contributed by atoms with E-state index >= 15 is 0 Å². The summed E-state index contributed by atoms with van der Waals surface area (Å²) in [6.45, 7) is 6.13. The smallest absolute Gasteiger partial charge is 0.726 e. The summed E-state index contributed by atoms with van der Waals surface area (Å²) in [5, 5.41) is 11.0. The van der Waals surface area contributed by atoms with Crippen LogP contribution >= 0.6 is 0 Å². The topological polar surface area (TPSA) is 104 Å². The van der Waals surface area contributed by atoms with E-state index in [9.17, 15) is 22.9 Å². The Hall–Kier alpha value is 0.240. The van der Waals surface area contributed by atoms with Crippen LogP contribution in [0.15, 0.2) is 11.6 Å². The minimum Gasteiger partial charge on any atom is -0.726 e. The van der Waals surface area contributed by atoms with Crippen LogP contribution in [0.5, 0.6) is 0 Å². The van der Waals surface area contributed by atoms with Gasteiger partial charge in [-0.1, -0.05) is 25.5 Å². The molecule has 0 unspecified atom stereocenters. The molecule has 3 saturated carbocycles. The van der Waals surface area contributed by atoms with Gasteiger partial charge in [-0.2, -0.15) is 0 Å². The van der Waals surface area contributed by atoms with Crippen molar-refractivity contribution in [2.24, 2.45) is 34.5 Å². The first-order valence-corrected chi connectivity index (χ1v) is 11.8. The van der Waals surface area contributed by atoms with Crippen molar-refractivity contribution in [3.8, 4) is 0 Å². The van der Waals surface area contributed by atoms with Crippen molar-refractivity contribution < 1.29 is 56.6 Å². The maximum Gasteiger partial charge on any atom is 1.00 e. The second-order valence-electron chi connectivity index (χ2n) is 10.1. The van der Waals surface area contributed by atoms with E-state index in [1.807, 2.05) is 0 Å². The van der Waals surface area contributed by atoms with Crippen molar-refractivity contribution >= 4 is 16.2 Å². The van der Waals surface area contributed by atoms with Crippen LogP contribution in [0, 0.1) is 34.5 Å². The molecule has 0 aromatic rings. The standard InChI is InChI=1S/C21H32O6S.Na/c1-12(22)15-4-5-16-14-11-19(23)18-10-13(27-28(24,25)26)6-8-21(18,3)17(14)7-9-20(15,16)2;/h7,13-16,18-19,23H,4-6,8-11H2,1-3H3,(H,24,25,26);/q;+1/p-1/t13-,14-,15+,16-,18+,19-,20+,21+;/m0./s1. The van der Waals surface area contributed by atoms with Gasteiger partial charge >= 0.3 is 29.6 Å². The summed E-state index contributed by atoms with van der Waals surface area (Å²) < 4.78 is 37.8. The Kier molecular flexibility index (Phi) is 6.58. The first-order valence-electron chi connectivity index (χ1n) is 10.5. The maximum absolute atomic E-state index is 12.2. The van der Waals surface area contributed by atoms with E-state index in [2.05, 4.69) is 19.9 Å². The number of hydrogen-bond donors (Lipinski definition) is 1. The van der Waals surface area contributed by atoms with Crippen molar-refractivity contribution in [3.63, 3.8) is 0 Å². The van der Waals surface area contributed by atoms with Crippen LogP contribution in [-0.4, -0.2) is 36.1 Å². The van der Waals surface area contributed by atoms with Gasteiger partial charge in [-0.25, -0.2) is 8.42 Å². The van der Waals surface area contributed by atoms with Crippen LogP contribution in [0.3, 0.4) is 0 Å². The molecule has 0 amide bonds. The Labute approximate surface area is 196 Å². The van der Waals surface area contributed by atoms with Gasteiger partial charge in [-0.3, -0.25) is 8.98 Å². The number of rotatable bonds is 3. The summed E-state index contributed by atoms with van der Waals surface area (Å²) >= 11 is 0. The molecule has 4 rings (SSSR count). The molecule has 0 bridgehead atoms. The largest absolute Gasteiger partial charge is 1.00 e. The van der Waals surface area contributed by atoms with Gasteiger partial charge in [-0.05, 0) is 80.5 Å². The number of allylic oxidation sites excluding steroid dienone is 2. The third kappa shape index (κ3) is 3.94. The van der Waals surface area contributed by atoms with E-state index in [0.29, 0.717) is 31.6 Å². The summed E-state index contributed by atoms with van der Waals surface area (Å²) in [6.07, 6.45) is 6.22.